The van der Waals surface area contributed by atoms with Crippen molar-refractivity contribution in [2.24, 2.45) is 0 Å². The molecule has 0 aromatic carbocycles. The smallest absolute Gasteiger partial charge is 0.187 e. The van der Waals surface area contributed by atoms with E-state index in [1.54, 1.807) is 0 Å². The van der Waals surface area contributed by atoms with Crippen LogP contribution in [0.1, 0.15) is 0 Å². The van der Waals surface area contributed by atoms with E-state index in [9.17, 15) is 20.4 Å². The first-order valence-corrected chi connectivity index (χ1v) is 6.48. The van der Waals surface area contributed by atoms with Crippen LogP contribution in [0.4, 0.5) is 0 Å². The molecule has 0 unspecified atom stereocenters. The Labute approximate surface area is 115 Å². The van der Waals surface area contributed by atoms with Crippen LogP contribution in [0.15, 0.2) is 0 Å². The molecule has 7 N–H and O–H groups in total. The minimum absolute atomic E-state index is 0.238. The second-order valence-electron chi connectivity index (χ2n) is 5.06. The zero-order valence-electron chi connectivity index (χ0n) is 10.7. The maximum atomic E-state index is 9.86. The Balaban J connectivity index is 1.98. The van der Waals surface area contributed by atoms with Crippen LogP contribution in [0.3, 0.4) is 0 Å². The minimum atomic E-state index is -1.52. The predicted octanol–water partition coefficient (Wildman–Crippen LogP) is -4.50. The van der Waals surface area contributed by atoms with E-state index >= 15 is 0 Å². The topological polar surface area (TPSA) is 152 Å². The van der Waals surface area contributed by atoms with E-state index in [-0.39, 0.29) is 13.2 Å². The standard InChI is InChI=1S/C11H21NO8/c13-2-4-7(15)5(1-12-4)19-11-10(18)9(17)8(16)6(3-14)20-11/h4-18H,1-3H2/t4-,5-,6-,7-,8-,9+,10-,11-/m1/s1. The summed E-state index contributed by atoms with van der Waals surface area (Å²) < 4.78 is 10.6. The van der Waals surface area contributed by atoms with E-state index in [1.165, 1.54) is 0 Å². The zero-order chi connectivity index (χ0) is 14.9. The molecule has 0 aliphatic carbocycles. The van der Waals surface area contributed by atoms with Crippen molar-refractivity contribution in [2.45, 2.75) is 49.0 Å². The number of aliphatic hydroxyl groups excluding tert-OH is 6. The third kappa shape index (κ3) is 2.96. The van der Waals surface area contributed by atoms with Gasteiger partial charge in [-0.15, -0.1) is 0 Å². The lowest BCUT2D eigenvalue weighted by atomic mass is 9.99. The third-order valence-electron chi connectivity index (χ3n) is 3.73. The molecule has 0 radical (unpaired) electrons. The average Bonchev–Trinajstić information content (AvgIpc) is 2.80. The lowest BCUT2D eigenvalue weighted by Crippen LogP contribution is -2.60. The predicted molar refractivity (Wildman–Crippen MR) is 63.5 cm³/mol. The van der Waals surface area contributed by atoms with Gasteiger partial charge in [0, 0.05) is 6.54 Å². The fourth-order valence-corrected chi connectivity index (χ4v) is 2.42. The summed E-state index contributed by atoms with van der Waals surface area (Å²) in [7, 11) is 0. The van der Waals surface area contributed by atoms with Crippen LogP contribution in [-0.2, 0) is 9.47 Å². The Morgan fingerprint density at radius 3 is 2.20 bits per heavy atom. The van der Waals surface area contributed by atoms with Crippen molar-refractivity contribution >= 4 is 0 Å². The summed E-state index contributed by atoms with van der Waals surface area (Å²) in [6.07, 6.45) is -8.56. The van der Waals surface area contributed by atoms with Crippen molar-refractivity contribution in [3.8, 4) is 0 Å². The van der Waals surface area contributed by atoms with E-state index in [4.69, 9.17) is 19.7 Å². The molecule has 2 aliphatic heterocycles. The lowest BCUT2D eigenvalue weighted by molar-refractivity contribution is -0.314. The van der Waals surface area contributed by atoms with E-state index in [0.29, 0.717) is 0 Å². The van der Waals surface area contributed by atoms with E-state index in [2.05, 4.69) is 5.32 Å². The van der Waals surface area contributed by atoms with Gasteiger partial charge in [0.05, 0.1) is 25.4 Å². The number of ether oxygens (including phenoxy) is 2. The van der Waals surface area contributed by atoms with Gasteiger partial charge in [0.1, 0.15) is 30.5 Å². The average molecular weight is 295 g/mol. The zero-order valence-corrected chi connectivity index (χ0v) is 10.7. The molecule has 2 heterocycles. The van der Waals surface area contributed by atoms with Crippen LogP contribution < -0.4 is 5.32 Å². The molecule has 2 saturated heterocycles. The number of rotatable bonds is 4. The van der Waals surface area contributed by atoms with E-state index in [1.807, 2.05) is 0 Å². The first kappa shape index (κ1) is 16.0. The Bertz CT molecular complexity index is 317. The molecule has 0 bridgehead atoms. The molecule has 20 heavy (non-hydrogen) atoms. The number of aliphatic hydroxyl groups is 6. The molecular weight excluding hydrogens is 274 g/mol. The van der Waals surface area contributed by atoms with Crippen LogP contribution in [0.2, 0.25) is 0 Å². The minimum Gasteiger partial charge on any atom is -0.395 e. The van der Waals surface area contributed by atoms with Crippen molar-refractivity contribution in [2.75, 3.05) is 19.8 Å². The second kappa shape index (κ2) is 6.60. The molecule has 118 valence electrons. The molecule has 9 nitrogen and oxygen atoms in total. The van der Waals surface area contributed by atoms with Gasteiger partial charge >= 0.3 is 0 Å². The largest absolute Gasteiger partial charge is 0.395 e. The van der Waals surface area contributed by atoms with Gasteiger partial charge in [-0.1, -0.05) is 0 Å². The van der Waals surface area contributed by atoms with Crippen LogP contribution in [0.25, 0.3) is 0 Å². The maximum Gasteiger partial charge on any atom is 0.187 e. The molecule has 0 aromatic heterocycles. The van der Waals surface area contributed by atoms with Gasteiger partial charge in [-0.05, 0) is 0 Å². The number of nitrogens with one attached hydrogen (secondary N) is 1. The van der Waals surface area contributed by atoms with Crippen molar-refractivity contribution in [3.05, 3.63) is 0 Å². The van der Waals surface area contributed by atoms with Crippen molar-refractivity contribution < 1.29 is 40.1 Å². The lowest BCUT2D eigenvalue weighted by Gasteiger charge is -2.40. The molecule has 2 fully saturated rings. The summed E-state index contributed by atoms with van der Waals surface area (Å²) in [5.74, 6) is 0. The van der Waals surface area contributed by atoms with Gasteiger partial charge in [0.25, 0.3) is 0 Å². The Kier molecular flexibility index (Phi) is 5.29. The van der Waals surface area contributed by atoms with E-state index in [0.717, 1.165) is 0 Å². The molecule has 2 rings (SSSR count). The highest BCUT2D eigenvalue weighted by Gasteiger charge is 2.46. The van der Waals surface area contributed by atoms with Gasteiger partial charge in [-0.25, -0.2) is 0 Å². The summed E-state index contributed by atoms with van der Waals surface area (Å²) in [6, 6.07) is -0.537. The highest BCUT2D eigenvalue weighted by molar-refractivity contribution is 4.94. The SMILES string of the molecule is OC[C@H]1NC[C@@H](O[C@@H]2O[C@H](CO)[C@@H](O)[C@H](O)[C@H]2O)[C@@H]1O. The first-order chi connectivity index (χ1) is 9.49. The van der Waals surface area contributed by atoms with Crippen LogP contribution >= 0.6 is 0 Å². The molecule has 0 saturated carbocycles. The monoisotopic (exact) mass is 295 g/mol. The summed E-state index contributed by atoms with van der Waals surface area (Å²) in [4.78, 5) is 0. The van der Waals surface area contributed by atoms with Crippen LogP contribution in [-0.4, -0.2) is 99.4 Å². The molecule has 0 aromatic rings. The fourth-order valence-electron chi connectivity index (χ4n) is 2.42. The quantitative estimate of drug-likeness (QED) is 0.272. The highest BCUT2D eigenvalue weighted by Crippen LogP contribution is 2.24. The van der Waals surface area contributed by atoms with Crippen LogP contribution in [0.5, 0.6) is 0 Å². The van der Waals surface area contributed by atoms with E-state index < -0.39 is 55.6 Å². The number of hydrogen-bond acceptors (Lipinski definition) is 9. The van der Waals surface area contributed by atoms with Crippen LogP contribution in [0, 0.1) is 0 Å². The fraction of sp³-hybridized carbons (Fsp3) is 1.00. The van der Waals surface area contributed by atoms with Gasteiger partial charge in [0.2, 0.25) is 0 Å². The molecule has 9 heteroatoms. The normalized spacial score (nSPS) is 49.5. The number of hydrogen-bond donors (Lipinski definition) is 7. The summed E-state index contributed by atoms with van der Waals surface area (Å²) in [5, 5.41) is 59.8. The van der Waals surface area contributed by atoms with Crippen molar-refractivity contribution in [1.82, 2.24) is 5.32 Å². The van der Waals surface area contributed by atoms with Crippen molar-refractivity contribution in [1.29, 1.82) is 0 Å². The maximum absolute atomic E-state index is 9.86. The van der Waals surface area contributed by atoms with Gasteiger partial charge in [-0.3, -0.25) is 0 Å². The summed E-state index contributed by atoms with van der Waals surface area (Å²) in [6.45, 7) is -0.577. The van der Waals surface area contributed by atoms with Crippen molar-refractivity contribution in [3.63, 3.8) is 0 Å². The van der Waals surface area contributed by atoms with Gasteiger partial charge in [-0.2, -0.15) is 0 Å². The van der Waals surface area contributed by atoms with Gasteiger partial charge in [0.15, 0.2) is 6.29 Å². The highest BCUT2D eigenvalue weighted by atomic mass is 16.7. The van der Waals surface area contributed by atoms with Gasteiger partial charge < -0.3 is 45.4 Å². The molecule has 0 spiro atoms. The summed E-state index contributed by atoms with van der Waals surface area (Å²) >= 11 is 0. The Hall–Kier alpha value is -0.360. The Morgan fingerprint density at radius 1 is 0.950 bits per heavy atom. The summed E-state index contributed by atoms with van der Waals surface area (Å²) in [5.41, 5.74) is 0. The second-order valence-corrected chi connectivity index (χ2v) is 5.06. The molecular formula is C11H21NO8. The third-order valence-corrected chi connectivity index (χ3v) is 3.73. The molecule has 8 atom stereocenters. The molecule has 2 aliphatic rings. The first-order valence-electron chi connectivity index (χ1n) is 6.48. The Morgan fingerprint density at radius 2 is 1.65 bits per heavy atom. The molecule has 0 amide bonds.